The number of thioether (sulfide) groups is 1. The number of fused-ring (bicyclic) bond motifs is 1. The van der Waals surface area contributed by atoms with E-state index in [1.54, 1.807) is 23.9 Å². The number of rotatable bonds is 4. The second-order valence-electron chi connectivity index (χ2n) is 4.81. The zero-order valence-corrected chi connectivity index (χ0v) is 12.0. The normalized spacial score (nSPS) is 16.6. The molecule has 0 bridgehead atoms. The molecule has 1 heterocycles. The lowest BCUT2D eigenvalue weighted by atomic mass is 10.1. The number of hydrogen-bond donors (Lipinski definition) is 1. The van der Waals surface area contributed by atoms with Gasteiger partial charge in [0.2, 0.25) is 0 Å². The first-order valence-electron chi connectivity index (χ1n) is 6.57. The van der Waals surface area contributed by atoms with Crippen LogP contribution in [0.15, 0.2) is 47.4 Å². The summed E-state index contributed by atoms with van der Waals surface area (Å²) >= 11 is 1.73. The van der Waals surface area contributed by atoms with Crippen LogP contribution in [0.1, 0.15) is 5.56 Å². The van der Waals surface area contributed by atoms with Gasteiger partial charge in [0.25, 0.3) is 0 Å². The van der Waals surface area contributed by atoms with Gasteiger partial charge >= 0.3 is 0 Å². The highest BCUT2D eigenvalue weighted by molar-refractivity contribution is 7.98. The molecule has 2 aromatic carbocycles. The fraction of sp³-hybridized carbons (Fsp3) is 0.250. The smallest absolute Gasteiger partial charge is 0.123 e. The van der Waals surface area contributed by atoms with Gasteiger partial charge in [0.05, 0.1) is 6.54 Å². The van der Waals surface area contributed by atoms with Crippen LogP contribution in [-0.4, -0.2) is 18.9 Å². The van der Waals surface area contributed by atoms with E-state index in [2.05, 4.69) is 35.8 Å². The molecule has 4 heteroatoms. The monoisotopic (exact) mass is 289 g/mol. The fourth-order valence-corrected chi connectivity index (χ4v) is 2.75. The quantitative estimate of drug-likeness (QED) is 0.861. The maximum absolute atomic E-state index is 13.1. The van der Waals surface area contributed by atoms with Gasteiger partial charge in [-0.05, 0) is 48.7 Å². The van der Waals surface area contributed by atoms with Crippen LogP contribution >= 0.6 is 11.8 Å². The minimum atomic E-state index is -0.200. The van der Waals surface area contributed by atoms with Gasteiger partial charge in [-0.2, -0.15) is 0 Å². The summed E-state index contributed by atoms with van der Waals surface area (Å²) in [4.78, 5) is 1.25. The van der Waals surface area contributed by atoms with E-state index in [1.807, 2.05) is 0 Å². The second-order valence-corrected chi connectivity index (χ2v) is 5.69. The zero-order valence-electron chi connectivity index (χ0n) is 11.2. The third kappa shape index (κ3) is 2.90. The number of halogens is 1. The molecular formula is C16H16FNOS. The Bertz CT molecular complexity index is 600. The van der Waals surface area contributed by atoms with E-state index < -0.39 is 0 Å². The molecule has 0 saturated carbocycles. The third-order valence-electron chi connectivity index (χ3n) is 3.39. The molecule has 0 amide bonds. The number of nitrogens with one attached hydrogen (secondary N) is 1. The Labute approximate surface area is 122 Å². The minimum Gasteiger partial charge on any atom is -0.488 e. The van der Waals surface area contributed by atoms with Crippen molar-refractivity contribution < 1.29 is 9.13 Å². The van der Waals surface area contributed by atoms with E-state index in [0.717, 1.165) is 30.0 Å². The first kappa shape index (κ1) is 13.3. The summed E-state index contributed by atoms with van der Waals surface area (Å²) in [6.45, 7) is 0.717. The van der Waals surface area contributed by atoms with Gasteiger partial charge in [0.1, 0.15) is 17.7 Å². The number of anilines is 1. The maximum atomic E-state index is 13.1. The van der Waals surface area contributed by atoms with Crippen LogP contribution in [0.25, 0.3) is 0 Å². The van der Waals surface area contributed by atoms with Crippen molar-refractivity contribution in [1.82, 2.24) is 0 Å². The van der Waals surface area contributed by atoms with Crippen LogP contribution < -0.4 is 10.1 Å². The van der Waals surface area contributed by atoms with Crippen LogP contribution in [0.4, 0.5) is 10.1 Å². The van der Waals surface area contributed by atoms with Crippen LogP contribution in [0, 0.1) is 5.82 Å². The average molecular weight is 289 g/mol. The molecule has 1 aliphatic heterocycles. The second kappa shape index (κ2) is 5.75. The molecule has 0 spiro atoms. The first-order chi connectivity index (χ1) is 9.74. The highest BCUT2D eigenvalue weighted by Crippen LogP contribution is 2.29. The van der Waals surface area contributed by atoms with E-state index in [9.17, 15) is 4.39 Å². The van der Waals surface area contributed by atoms with Crippen LogP contribution in [0.5, 0.6) is 5.75 Å². The molecule has 1 atom stereocenters. The van der Waals surface area contributed by atoms with E-state index >= 15 is 0 Å². The Morgan fingerprint density at radius 2 is 2.05 bits per heavy atom. The van der Waals surface area contributed by atoms with E-state index in [-0.39, 0.29) is 11.9 Å². The number of benzene rings is 2. The van der Waals surface area contributed by atoms with Crippen molar-refractivity contribution in [2.24, 2.45) is 0 Å². The Morgan fingerprint density at radius 3 is 2.80 bits per heavy atom. The van der Waals surface area contributed by atoms with Gasteiger partial charge in [-0.25, -0.2) is 4.39 Å². The lowest BCUT2D eigenvalue weighted by Gasteiger charge is -2.13. The van der Waals surface area contributed by atoms with Gasteiger partial charge in [-0.15, -0.1) is 11.8 Å². The number of ether oxygens (including phenoxy) is 1. The molecular weight excluding hydrogens is 273 g/mol. The first-order valence-corrected chi connectivity index (χ1v) is 7.80. The molecule has 2 aromatic rings. The Morgan fingerprint density at radius 1 is 1.25 bits per heavy atom. The van der Waals surface area contributed by atoms with Gasteiger partial charge in [0.15, 0.2) is 0 Å². The van der Waals surface area contributed by atoms with Crippen molar-refractivity contribution in [3.8, 4) is 5.75 Å². The Balaban J connectivity index is 1.58. The lowest BCUT2D eigenvalue weighted by Crippen LogP contribution is -2.23. The van der Waals surface area contributed by atoms with Gasteiger partial charge in [-0.1, -0.05) is 0 Å². The predicted molar refractivity (Wildman–Crippen MR) is 81.2 cm³/mol. The fourth-order valence-electron chi connectivity index (χ4n) is 2.34. The summed E-state index contributed by atoms with van der Waals surface area (Å²) in [5, 5.41) is 3.36. The average Bonchev–Trinajstić information content (AvgIpc) is 2.87. The number of hydrogen-bond acceptors (Lipinski definition) is 3. The Kier molecular flexibility index (Phi) is 3.83. The van der Waals surface area contributed by atoms with Crippen molar-refractivity contribution in [3.05, 3.63) is 53.8 Å². The molecule has 3 rings (SSSR count). The summed E-state index contributed by atoms with van der Waals surface area (Å²) in [6, 6.07) is 13.0. The molecule has 0 radical (unpaired) electrons. The zero-order chi connectivity index (χ0) is 13.9. The SMILES string of the molecule is CSc1ccc(NCC2Cc3cc(F)ccc3O2)cc1. The van der Waals surface area contributed by atoms with Crippen molar-refractivity contribution in [3.63, 3.8) is 0 Å². The minimum absolute atomic E-state index is 0.0621. The molecule has 20 heavy (non-hydrogen) atoms. The van der Waals surface area contributed by atoms with Crippen LogP contribution in [0.2, 0.25) is 0 Å². The lowest BCUT2D eigenvalue weighted by molar-refractivity contribution is 0.246. The molecule has 1 aliphatic rings. The third-order valence-corrected chi connectivity index (χ3v) is 4.13. The van der Waals surface area contributed by atoms with E-state index in [4.69, 9.17) is 4.74 Å². The highest BCUT2D eigenvalue weighted by atomic mass is 32.2. The summed E-state index contributed by atoms with van der Waals surface area (Å²) in [5.41, 5.74) is 2.03. The summed E-state index contributed by atoms with van der Waals surface area (Å²) in [6.07, 6.45) is 2.88. The van der Waals surface area contributed by atoms with Crippen LogP contribution in [-0.2, 0) is 6.42 Å². The topological polar surface area (TPSA) is 21.3 Å². The molecule has 1 N–H and O–H groups in total. The van der Waals surface area contributed by atoms with Crippen molar-refractivity contribution in [2.45, 2.75) is 17.4 Å². The van der Waals surface area contributed by atoms with Crippen molar-refractivity contribution >= 4 is 17.4 Å². The predicted octanol–water partition coefficient (Wildman–Crippen LogP) is 3.96. The molecule has 1 unspecified atom stereocenters. The van der Waals surface area contributed by atoms with E-state index in [1.165, 1.54) is 11.0 Å². The van der Waals surface area contributed by atoms with Crippen LogP contribution in [0.3, 0.4) is 0 Å². The van der Waals surface area contributed by atoms with Gasteiger partial charge < -0.3 is 10.1 Å². The highest BCUT2D eigenvalue weighted by Gasteiger charge is 2.22. The van der Waals surface area contributed by atoms with Gasteiger partial charge in [0, 0.05) is 22.6 Å². The molecule has 0 aromatic heterocycles. The molecule has 2 nitrogen and oxygen atoms in total. The van der Waals surface area contributed by atoms with Crippen molar-refractivity contribution in [2.75, 3.05) is 18.1 Å². The summed E-state index contributed by atoms with van der Waals surface area (Å²) < 4.78 is 18.9. The molecule has 0 fully saturated rings. The summed E-state index contributed by atoms with van der Waals surface area (Å²) in [7, 11) is 0. The standard InChI is InChI=1S/C16H16FNOS/c1-20-15-5-3-13(4-6-15)18-10-14-9-11-8-12(17)2-7-16(11)19-14/h2-8,14,18H,9-10H2,1H3. The summed E-state index contributed by atoms with van der Waals surface area (Å²) in [5.74, 6) is 0.601. The molecule has 0 saturated heterocycles. The molecule has 104 valence electrons. The Hall–Kier alpha value is -1.68. The molecule has 0 aliphatic carbocycles. The van der Waals surface area contributed by atoms with E-state index in [0.29, 0.717) is 0 Å². The van der Waals surface area contributed by atoms with Gasteiger partial charge in [-0.3, -0.25) is 0 Å². The maximum Gasteiger partial charge on any atom is 0.123 e. The largest absolute Gasteiger partial charge is 0.488 e. The van der Waals surface area contributed by atoms with Crippen molar-refractivity contribution in [1.29, 1.82) is 0 Å².